The Balaban J connectivity index is 1.56. The number of fused-ring (bicyclic) bond motifs is 1. The lowest BCUT2D eigenvalue weighted by molar-refractivity contribution is 0.0642. The monoisotopic (exact) mass is 400 g/mol. The van der Waals surface area contributed by atoms with Crippen molar-refractivity contribution in [2.24, 2.45) is 0 Å². The maximum absolute atomic E-state index is 12.8. The van der Waals surface area contributed by atoms with Crippen molar-refractivity contribution >= 4 is 23.4 Å². The molecule has 0 unspecified atom stereocenters. The fourth-order valence-electron chi connectivity index (χ4n) is 3.39. The average Bonchev–Trinajstić information content (AvgIpc) is 3.00. The van der Waals surface area contributed by atoms with Gasteiger partial charge >= 0.3 is 0 Å². The fourth-order valence-corrected chi connectivity index (χ4v) is 3.39. The molecule has 4 rings (SSSR count). The lowest BCUT2D eigenvalue weighted by Crippen LogP contribution is -2.29. The summed E-state index contributed by atoms with van der Waals surface area (Å²) in [7, 11) is 0. The van der Waals surface area contributed by atoms with Crippen LogP contribution in [0.3, 0.4) is 0 Å². The molecule has 0 atom stereocenters. The highest BCUT2D eigenvalue weighted by Gasteiger charge is 2.36. The molecule has 1 N–H and O–H groups in total. The summed E-state index contributed by atoms with van der Waals surface area (Å²) >= 11 is 0. The maximum Gasteiger partial charge on any atom is 0.261 e. The highest BCUT2D eigenvalue weighted by atomic mass is 16.5. The number of anilines is 1. The summed E-state index contributed by atoms with van der Waals surface area (Å²) in [5, 5.41) is 2.81. The summed E-state index contributed by atoms with van der Waals surface area (Å²) in [6, 6.07) is 21.0. The number of ether oxygens (including phenoxy) is 1. The van der Waals surface area contributed by atoms with Crippen molar-refractivity contribution in [2.75, 3.05) is 11.9 Å². The fraction of sp³-hybridized carbons (Fsp3) is 0.125. The molecule has 0 aromatic heterocycles. The van der Waals surface area contributed by atoms with Crippen molar-refractivity contribution in [1.82, 2.24) is 4.90 Å². The van der Waals surface area contributed by atoms with E-state index < -0.39 is 5.91 Å². The summed E-state index contributed by atoms with van der Waals surface area (Å²) in [5.41, 5.74) is 2.24. The van der Waals surface area contributed by atoms with Gasteiger partial charge in [-0.1, -0.05) is 42.5 Å². The number of carbonyl (C=O) groups is 3. The Morgan fingerprint density at radius 2 is 1.60 bits per heavy atom. The number of rotatable bonds is 6. The third-order valence-electron chi connectivity index (χ3n) is 4.85. The minimum Gasteiger partial charge on any atom is -0.492 e. The van der Waals surface area contributed by atoms with Crippen LogP contribution in [-0.2, 0) is 6.54 Å². The number of nitrogens with one attached hydrogen (secondary N) is 1. The van der Waals surface area contributed by atoms with Crippen LogP contribution in [0.2, 0.25) is 0 Å². The number of hydrogen-bond donors (Lipinski definition) is 1. The van der Waals surface area contributed by atoms with Crippen molar-refractivity contribution in [3.8, 4) is 5.75 Å². The van der Waals surface area contributed by atoms with Crippen LogP contribution >= 0.6 is 0 Å². The second kappa shape index (κ2) is 8.21. The molecule has 6 nitrogen and oxygen atoms in total. The number of amides is 3. The highest BCUT2D eigenvalue weighted by Crippen LogP contribution is 2.27. The van der Waals surface area contributed by atoms with Gasteiger partial charge in [-0.25, -0.2) is 0 Å². The van der Waals surface area contributed by atoms with Gasteiger partial charge in [-0.2, -0.15) is 0 Å². The quantitative estimate of drug-likeness (QED) is 0.631. The van der Waals surface area contributed by atoms with E-state index in [1.807, 2.05) is 43.3 Å². The van der Waals surface area contributed by atoms with Gasteiger partial charge in [0.15, 0.2) is 0 Å². The first-order valence-electron chi connectivity index (χ1n) is 9.66. The zero-order valence-corrected chi connectivity index (χ0v) is 16.4. The van der Waals surface area contributed by atoms with E-state index in [1.165, 1.54) is 17.0 Å². The molecule has 150 valence electrons. The average molecular weight is 400 g/mol. The second-order valence-corrected chi connectivity index (χ2v) is 6.83. The van der Waals surface area contributed by atoms with Crippen LogP contribution in [0, 0.1) is 0 Å². The molecule has 0 spiro atoms. The number of carbonyl (C=O) groups excluding carboxylic acids is 3. The van der Waals surface area contributed by atoms with Crippen LogP contribution in [0.1, 0.15) is 43.6 Å². The Kier molecular flexibility index (Phi) is 5.30. The molecule has 30 heavy (non-hydrogen) atoms. The molecule has 3 aromatic carbocycles. The van der Waals surface area contributed by atoms with Gasteiger partial charge in [-0.3, -0.25) is 19.3 Å². The highest BCUT2D eigenvalue weighted by molar-refractivity contribution is 6.22. The van der Waals surface area contributed by atoms with Gasteiger partial charge in [0.2, 0.25) is 0 Å². The Labute approximate surface area is 174 Å². The van der Waals surface area contributed by atoms with Crippen LogP contribution < -0.4 is 10.1 Å². The molecular weight excluding hydrogens is 380 g/mol. The third kappa shape index (κ3) is 3.67. The van der Waals surface area contributed by atoms with E-state index in [0.29, 0.717) is 29.2 Å². The van der Waals surface area contributed by atoms with E-state index in [1.54, 1.807) is 24.3 Å². The first kappa shape index (κ1) is 19.4. The summed E-state index contributed by atoms with van der Waals surface area (Å²) in [6.07, 6.45) is 0. The number of benzene rings is 3. The van der Waals surface area contributed by atoms with Crippen molar-refractivity contribution < 1.29 is 19.1 Å². The summed E-state index contributed by atoms with van der Waals surface area (Å²) in [5.74, 6) is -0.572. The number of para-hydroxylation sites is 2. The Morgan fingerprint density at radius 1 is 0.900 bits per heavy atom. The Morgan fingerprint density at radius 3 is 2.37 bits per heavy atom. The van der Waals surface area contributed by atoms with Crippen LogP contribution in [0.15, 0.2) is 72.8 Å². The molecule has 0 saturated heterocycles. The molecule has 1 heterocycles. The van der Waals surface area contributed by atoms with Gasteiger partial charge in [0.1, 0.15) is 5.75 Å². The van der Waals surface area contributed by atoms with Gasteiger partial charge < -0.3 is 10.1 Å². The van der Waals surface area contributed by atoms with Gasteiger partial charge in [0.05, 0.1) is 30.0 Å². The molecular formula is C24H20N2O4. The van der Waals surface area contributed by atoms with E-state index in [4.69, 9.17) is 4.74 Å². The topological polar surface area (TPSA) is 75.7 Å². The standard InChI is InChI=1S/C24H20N2O4/c1-2-30-21-11-7-6-10-20(21)25-22(27)17-12-13-18-19(14-17)24(29)26(23(18)28)15-16-8-4-3-5-9-16/h3-14H,2,15H2,1H3,(H,25,27). The van der Waals surface area contributed by atoms with Gasteiger partial charge in [0, 0.05) is 5.56 Å². The van der Waals surface area contributed by atoms with E-state index in [0.717, 1.165) is 5.56 Å². The normalized spacial score (nSPS) is 12.6. The molecule has 0 saturated carbocycles. The number of nitrogens with zero attached hydrogens (tertiary/aromatic N) is 1. The smallest absolute Gasteiger partial charge is 0.261 e. The molecule has 0 fully saturated rings. The molecule has 6 heteroatoms. The predicted molar refractivity (Wildman–Crippen MR) is 113 cm³/mol. The van der Waals surface area contributed by atoms with Crippen LogP contribution in [0.4, 0.5) is 5.69 Å². The zero-order chi connectivity index (χ0) is 21.1. The zero-order valence-electron chi connectivity index (χ0n) is 16.4. The van der Waals surface area contributed by atoms with Crippen LogP contribution in [0.25, 0.3) is 0 Å². The second-order valence-electron chi connectivity index (χ2n) is 6.83. The predicted octanol–water partition coefficient (Wildman–Crippen LogP) is 4.13. The van der Waals surface area contributed by atoms with E-state index in [9.17, 15) is 14.4 Å². The lowest BCUT2D eigenvalue weighted by Gasteiger charge is -2.13. The molecule has 0 aliphatic carbocycles. The molecule has 1 aliphatic heterocycles. The maximum atomic E-state index is 12.8. The number of hydrogen-bond acceptors (Lipinski definition) is 4. The van der Waals surface area contributed by atoms with Crippen LogP contribution in [-0.4, -0.2) is 29.2 Å². The number of imide groups is 1. The SMILES string of the molecule is CCOc1ccccc1NC(=O)c1ccc2c(c1)C(=O)N(Cc1ccccc1)C2=O. The minimum atomic E-state index is -0.400. The molecule has 0 bridgehead atoms. The van der Waals surface area contributed by atoms with Gasteiger partial charge in [-0.15, -0.1) is 0 Å². The van der Waals surface area contributed by atoms with Crippen molar-refractivity contribution in [2.45, 2.75) is 13.5 Å². The Hall–Kier alpha value is -3.93. The lowest BCUT2D eigenvalue weighted by atomic mass is 10.1. The van der Waals surface area contributed by atoms with Gasteiger partial charge in [0.25, 0.3) is 17.7 Å². The minimum absolute atomic E-state index is 0.191. The molecule has 1 aliphatic rings. The largest absolute Gasteiger partial charge is 0.492 e. The van der Waals surface area contributed by atoms with E-state index >= 15 is 0 Å². The van der Waals surface area contributed by atoms with Crippen molar-refractivity contribution in [3.63, 3.8) is 0 Å². The van der Waals surface area contributed by atoms with Crippen molar-refractivity contribution in [1.29, 1.82) is 0 Å². The summed E-state index contributed by atoms with van der Waals surface area (Å²) in [4.78, 5) is 39.5. The Bertz CT molecular complexity index is 1130. The third-order valence-corrected chi connectivity index (χ3v) is 4.85. The first-order chi connectivity index (χ1) is 14.6. The summed E-state index contributed by atoms with van der Waals surface area (Å²) < 4.78 is 5.53. The first-order valence-corrected chi connectivity index (χ1v) is 9.66. The van der Waals surface area contributed by atoms with E-state index in [2.05, 4.69) is 5.32 Å². The molecule has 3 aromatic rings. The van der Waals surface area contributed by atoms with Crippen molar-refractivity contribution in [3.05, 3.63) is 95.1 Å². The molecule has 3 amide bonds. The van der Waals surface area contributed by atoms with E-state index in [-0.39, 0.29) is 23.9 Å². The van der Waals surface area contributed by atoms with Crippen LogP contribution in [0.5, 0.6) is 5.75 Å². The van der Waals surface area contributed by atoms with Gasteiger partial charge in [-0.05, 0) is 42.8 Å². The summed E-state index contributed by atoms with van der Waals surface area (Å²) in [6.45, 7) is 2.53. The molecule has 0 radical (unpaired) electrons.